The lowest BCUT2D eigenvalue weighted by molar-refractivity contribution is 0.535. The first-order valence-electron chi connectivity index (χ1n) is 4.60. The van der Waals surface area contributed by atoms with Gasteiger partial charge in [-0.1, -0.05) is 5.21 Å². The highest BCUT2D eigenvalue weighted by molar-refractivity contribution is 4.79. The number of tetrazole rings is 3. The van der Waals surface area contributed by atoms with Crippen LogP contribution < -0.4 is 0 Å². The molecule has 0 aliphatic rings. The van der Waals surface area contributed by atoms with E-state index in [1.807, 2.05) is 0 Å². The molecule has 17 heavy (non-hydrogen) atoms. The van der Waals surface area contributed by atoms with Crippen LogP contribution in [0.15, 0.2) is 6.33 Å². The van der Waals surface area contributed by atoms with Gasteiger partial charge in [0, 0.05) is 0 Å². The molecule has 3 aromatic heterocycles. The van der Waals surface area contributed by atoms with E-state index in [2.05, 4.69) is 51.4 Å². The number of nitrogens with one attached hydrogen (secondary N) is 1. The number of hydrogen-bond donors (Lipinski definition) is 1. The summed E-state index contributed by atoms with van der Waals surface area (Å²) in [5.41, 5.74) is 0. The SMILES string of the molecule is c1nnn(Cc2nnn(Cc3nn[nH]n3)n2)n1. The van der Waals surface area contributed by atoms with E-state index >= 15 is 0 Å². The van der Waals surface area contributed by atoms with Crippen LogP contribution in [0, 0.1) is 0 Å². The number of nitrogens with zero attached hydrogens (tertiary/aromatic N) is 11. The van der Waals surface area contributed by atoms with Gasteiger partial charge in [0.2, 0.25) is 0 Å². The van der Waals surface area contributed by atoms with Gasteiger partial charge < -0.3 is 0 Å². The minimum absolute atomic E-state index is 0.300. The Labute approximate surface area is 93.0 Å². The Bertz CT molecular complexity index is 511. The molecule has 0 aromatic carbocycles. The molecule has 0 saturated carbocycles. The van der Waals surface area contributed by atoms with Gasteiger partial charge in [0.05, 0.1) is 0 Å². The van der Waals surface area contributed by atoms with Crippen molar-refractivity contribution in [2.45, 2.75) is 13.1 Å². The van der Waals surface area contributed by atoms with Crippen LogP contribution in [0.25, 0.3) is 0 Å². The Balaban J connectivity index is 1.70. The van der Waals surface area contributed by atoms with Gasteiger partial charge in [-0.25, -0.2) is 0 Å². The summed E-state index contributed by atoms with van der Waals surface area (Å²) in [7, 11) is 0. The van der Waals surface area contributed by atoms with Crippen LogP contribution in [0.4, 0.5) is 0 Å². The molecule has 0 fully saturated rings. The van der Waals surface area contributed by atoms with Crippen LogP contribution >= 0.6 is 0 Å². The molecule has 0 amide bonds. The Morgan fingerprint density at radius 1 is 1.06 bits per heavy atom. The Hall–Kier alpha value is -2.79. The molecule has 12 heteroatoms. The van der Waals surface area contributed by atoms with E-state index in [-0.39, 0.29) is 0 Å². The van der Waals surface area contributed by atoms with Crippen LogP contribution in [0.1, 0.15) is 11.6 Å². The molecule has 1 N–H and O–H groups in total. The van der Waals surface area contributed by atoms with Crippen molar-refractivity contribution in [1.82, 2.24) is 61.0 Å². The summed E-state index contributed by atoms with van der Waals surface area (Å²) < 4.78 is 0. The molecule has 3 rings (SSSR count). The first kappa shape index (κ1) is 9.44. The maximum Gasteiger partial charge on any atom is 0.198 e. The predicted octanol–water partition coefficient (Wildman–Crippen LogP) is -2.73. The van der Waals surface area contributed by atoms with Gasteiger partial charge >= 0.3 is 0 Å². The maximum absolute atomic E-state index is 4.10. The lowest BCUT2D eigenvalue weighted by Crippen LogP contribution is -2.08. The van der Waals surface area contributed by atoms with Crippen LogP contribution in [0.3, 0.4) is 0 Å². The predicted molar refractivity (Wildman–Crippen MR) is 48.0 cm³/mol. The zero-order valence-corrected chi connectivity index (χ0v) is 8.41. The van der Waals surface area contributed by atoms with Crippen molar-refractivity contribution in [2.75, 3.05) is 0 Å². The standard InChI is InChI=1S/C5H6N12/c1(4-8-12-13-9-4)17-11-5(10-15-17)2-16-7-3-6-14-16/h3H,1-2H2,(H,8,9,12,13). The molecule has 0 aliphatic heterocycles. The molecule has 0 aliphatic carbocycles. The van der Waals surface area contributed by atoms with Gasteiger partial charge in [-0.2, -0.15) is 14.8 Å². The summed E-state index contributed by atoms with van der Waals surface area (Å²) in [6.07, 6.45) is 1.34. The lowest BCUT2D eigenvalue weighted by atomic mass is 10.6. The molecule has 0 unspecified atom stereocenters. The van der Waals surface area contributed by atoms with Crippen molar-refractivity contribution in [3.8, 4) is 0 Å². The Morgan fingerprint density at radius 3 is 2.76 bits per heavy atom. The van der Waals surface area contributed by atoms with E-state index in [0.29, 0.717) is 24.7 Å². The third-order valence-electron chi connectivity index (χ3n) is 1.84. The third-order valence-corrected chi connectivity index (χ3v) is 1.84. The second-order valence-electron chi connectivity index (χ2n) is 3.03. The largest absolute Gasteiger partial charge is 0.198 e. The van der Waals surface area contributed by atoms with Crippen LogP contribution in [-0.2, 0) is 13.1 Å². The quantitative estimate of drug-likeness (QED) is 0.508. The average Bonchev–Trinajstić information content (AvgIpc) is 3.02. The first-order valence-corrected chi connectivity index (χ1v) is 4.60. The summed E-state index contributed by atoms with van der Waals surface area (Å²) in [6.45, 7) is 0.612. The zero-order chi connectivity index (χ0) is 11.5. The van der Waals surface area contributed by atoms with Gasteiger partial charge in [-0.3, -0.25) is 0 Å². The first-order chi connectivity index (χ1) is 8.40. The van der Waals surface area contributed by atoms with Crippen molar-refractivity contribution >= 4 is 0 Å². The van der Waals surface area contributed by atoms with E-state index in [4.69, 9.17) is 0 Å². The third kappa shape index (κ3) is 2.09. The molecule has 0 spiro atoms. The number of aromatic amines is 1. The minimum Gasteiger partial charge on any atom is -0.177 e. The minimum atomic E-state index is 0.300. The monoisotopic (exact) mass is 234 g/mol. The summed E-state index contributed by atoms with van der Waals surface area (Å²) in [6, 6.07) is 0. The average molecular weight is 234 g/mol. The summed E-state index contributed by atoms with van der Waals surface area (Å²) in [4.78, 5) is 2.72. The van der Waals surface area contributed by atoms with Crippen LogP contribution in [-0.4, -0.2) is 61.0 Å². The van der Waals surface area contributed by atoms with E-state index in [1.165, 1.54) is 15.9 Å². The van der Waals surface area contributed by atoms with Crippen molar-refractivity contribution in [3.05, 3.63) is 18.0 Å². The van der Waals surface area contributed by atoms with E-state index in [1.54, 1.807) is 0 Å². The summed E-state index contributed by atoms with van der Waals surface area (Å²) in [5.74, 6) is 0.958. The van der Waals surface area contributed by atoms with Crippen molar-refractivity contribution in [2.24, 2.45) is 0 Å². The fourth-order valence-corrected chi connectivity index (χ4v) is 1.17. The molecule has 3 aromatic rings. The molecular formula is C5H6N12. The molecule has 12 nitrogen and oxygen atoms in total. The number of aromatic nitrogens is 12. The zero-order valence-electron chi connectivity index (χ0n) is 8.41. The summed E-state index contributed by atoms with van der Waals surface area (Å²) >= 11 is 0. The topological polar surface area (TPSA) is 142 Å². The van der Waals surface area contributed by atoms with Gasteiger partial charge in [0.1, 0.15) is 13.1 Å². The highest BCUT2D eigenvalue weighted by atomic mass is 15.6. The van der Waals surface area contributed by atoms with Crippen molar-refractivity contribution < 1.29 is 0 Å². The van der Waals surface area contributed by atoms with Gasteiger partial charge in [-0.05, 0) is 10.4 Å². The van der Waals surface area contributed by atoms with E-state index < -0.39 is 0 Å². The highest BCUT2D eigenvalue weighted by Crippen LogP contribution is 1.92. The summed E-state index contributed by atoms with van der Waals surface area (Å²) in [5, 5.41) is 36.2. The molecular weight excluding hydrogens is 228 g/mol. The smallest absolute Gasteiger partial charge is 0.177 e. The van der Waals surface area contributed by atoms with Crippen molar-refractivity contribution in [3.63, 3.8) is 0 Å². The molecule has 0 bridgehead atoms. The van der Waals surface area contributed by atoms with Crippen molar-refractivity contribution in [1.29, 1.82) is 0 Å². The number of H-pyrrole nitrogens is 1. The number of hydrogen-bond acceptors (Lipinski definition) is 9. The highest BCUT2D eigenvalue weighted by Gasteiger charge is 2.07. The maximum atomic E-state index is 4.10. The Morgan fingerprint density at radius 2 is 2.00 bits per heavy atom. The fraction of sp³-hybridized carbons (Fsp3) is 0.400. The van der Waals surface area contributed by atoms with Gasteiger partial charge in [0.15, 0.2) is 18.0 Å². The molecule has 3 heterocycles. The molecule has 0 atom stereocenters. The molecule has 86 valence electrons. The molecule has 0 saturated heterocycles. The van der Waals surface area contributed by atoms with Gasteiger partial charge in [0.25, 0.3) is 0 Å². The lowest BCUT2D eigenvalue weighted by Gasteiger charge is -1.91. The van der Waals surface area contributed by atoms with E-state index in [0.717, 1.165) is 0 Å². The number of rotatable bonds is 4. The van der Waals surface area contributed by atoms with Crippen LogP contribution in [0.2, 0.25) is 0 Å². The Kier molecular flexibility index (Phi) is 2.22. The van der Waals surface area contributed by atoms with Gasteiger partial charge in [-0.15, -0.1) is 30.6 Å². The fourth-order valence-electron chi connectivity index (χ4n) is 1.17. The van der Waals surface area contributed by atoms with Crippen LogP contribution in [0.5, 0.6) is 0 Å². The second-order valence-corrected chi connectivity index (χ2v) is 3.03. The molecule has 0 radical (unpaired) electrons. The second kappa shape index (κ2) is 3.99. The van der Waals surface area contributed by atoms with E-state index in [9.17, 15) is 0 Å². The normalized spacial score (nSPS) is 10.8.